The summed E-state index contributed by atoms with van der Waals surface area (Å²) in [4.78, 5) is 0. The van der Waals surface area contributed by atoms with Crippen LogP contribution in [0.15, 0.2) is 42.5 Å². The molecule has 0 nitrogen and oxygen atoms in total. The summed E-state index contributed by atoms with van der Waals surface area (Å²) in [6.07, 6.45) is 0.871. The van der Waals surface area contributed by atoms with Gasteiger partial charge in [0.2, 0.25) is 0 Å². The van der Waals surface area contributed by atoms with Gasteiger partial charge < -0.3 is 0 Å². The lowest BCUT2D eigenvalue weighted by molar-refractivity contribution is 0.580. The average molecular weight is 301 g/mol. The SMILES string of the molecule is Cc1ccc(CC(Cl)c2ccccc2C(C)(C)C)cc1C. The molecule has 0 heterocycles. The van der Waals surface area contributed by atoms with Crippen molar-refractivity contribution in [2.75, 3.05) is 0 Å². The molecular formula is C20H25Cl. The highest BCUT2D eigenvalue weighted by atomic mass is 35.5. The Balaban J connectivity index is 2.28. The van der Waals surface area contributed by atoms with Crippen molar-refractivity contribution in [3.63, 3.8) is 0 Å². The second kappa shape index (κ2) is 6.23. The summed E-state index contributed by atoms with van der Waals surface area (Å²) in [7, 11) is 0. The lowest BCUT2D eigenvalue weighted by Gasteiger charge is -2.25. The van der Waals surface area contributed by atoms with Crippen molar-refractivity contribution >= 4 is 11.6 Å². The highest BCUT2D eigenvalue weighted by Crippen LogP contribution is 2.34. The van der Waals surface area contributed by atoms with Gasteiger partial charge in [0, 0.05) is 0 Å². The van der Waals surface area contributed by atoms with Gasteiger partial charge in [-0.2, -0.15) is 0 Å². The molecule has 0 saturated heterocycles. The van der Waals surface area contributed by atoms with E-state index in [9.17, 15) is 0 Å². The van der Waals surface area contributed by atoms with Gasteiger partial charge >= 0.3 is 0 Å². The molecule has 1 heteroatoms. The van der Waals surface area contributed by atoms with Crippen LogP contribution in [0.2, 0.25) is 0 Å². The van der Waals surface area contributed by atoms with Crippen molar-refractivity contribution < 1.29 is 0 Å². The number of aryl methyl sites for hydroxylation is 2. The highest BCUT2D eigenvalue weighted by Gasteiger charge is 2.21. The average Bonchev–Trinajstić information content (AvgIpc) is 2.42. The van der Waals surface area contributed by atoms with E-state index < -0.39 is 0 Å². The Hall–Kier alpha value is -1.27. The molecule has 2 rings (SSSR count). The van der Waals surface area contributed by atoms with E-state index in [1.54, 1.807) is 0 Å². The number of halogens is 1. The predicted molar refractivity (Wildman–Crippen MR) is 93.4 cm³/mol. The lowest BCUT2D eigenvalue weighted by Crippen LogP contribution is -2.15. The fraction of sp³-hybridized carbons (Fsp3) is 0.400. The molecule has 112 valence electrons. The second-order valence-electron chi connectivity index (χ2n) is 6.93. The Bertz CT molecular complexity index is 620. The molecule has 0 saturated carbocycles. The summed E-state index contributed by atoms with van der Waals surface area (Å²) in [6.45, 7) is 11.0. The Kier molecular flexibility index (Phi) is 4.78. The van der Waals surface area contributed by atoms with E-state index in [2.05, 4.69) is 77.1 Å². The van der Waals surface area contributed by atoms with Crippen molar-refractivity contribution in [3.8, 4) is 0 Å². The first kappa shape index (κ1) is 16.1. The van der Waals surface area contributed by atoms with Gasteiger partial charge in [0.25, 0.3) is 0 Å². The topological polar surface area (TPSA) is 0 Å². The van der Waals surface area contributed by atoms with E-state index in [4.69, 9.17) is 11.6 Å². The summed E-state index contributed by atoms with van der Waals surface area (Å²) >= 11 is 6.74. The molecule has 2 aromatic carbocycles. The molecule has 0 amide bonds. The van der Waals surface area contributed by atoms with Gasteiger partial charge in [-0.05, 0) is 53.5 Å². The van der Waals surface area contributed by atoms with Gasteiger partial charge in [-0.3, -0.25) is 0 Å². The Morgan fingerprint density at radius 1 is 0.952 bits per heavy atom. The zero-order valence-corrected chi connectivity index (χ0v) is 14.5. The van der Waals surface area contributed by atoms with Crippen molar-refractivity contribution in [1.82, 2.24) is 0 Å². The van der Waals surface area contributed by atoms with Crippen LogP contribution in [0.25, 0.3) is 0 Å². The largest absolute Gasteiger partial charge is 0.117 e. The molecule has 0 spiro atoms. The summed E-state index contributed by atoms with van der Waals surface area (Å²) in [6, 6.07) is 15.2. The first-order valence-corrected chi connectivity index (χ1v) is 8.02. The van der Waals surface area contributed by atoms with Gasteiger partial charge in [0.15, 0.2) is 0 Å². The molecule has 1 unspecified atom stereocenters. The van der Waals surface area contributed by atoms with Crippen LogP contribution in [-0.4, -0.2) is 0 Å². The fourth-order valence-electron chi connectivity index (χ4n) is 2.70. The molecule has 0 aliphatic carbocycles. The number of alkyl halides is 1. The lowest BCUT2D eigenvalue weighted by atomic mass is 9.82. The van der Waals surface area contributed by atoms with Gasteiger partial charge in [0.05, 0.1) is 5.38 Å². The summed E-state index contributed by atoms with van der Waals surface area (Å²) < 4.78 is 0. The molecular weight excluding hydrogens is 276 g/mol. The van der Waals surface area contributed by atoms with Crippen molar-refractivity contribution in [2.45, 2.75) is 51.8 Å². The van der Waals surface area contributed by atoms with Crippen LogP contribution in [0.4, 0.5) is 0 Å². The maximum atomic E-state index is 6.74. The molecule has 0 N–H and O–H groups in total. The van der Waals surface area contributed by atoms with Gasteiger partial charge in [-0.25, -0.2) is 0 Å². The molecule has 21 heavy (non-hydrogen) atoms. The van der Waals surface area contributed by atoms with Crippen LogP contribution >= 0.6 is 11.6 Å². The number of hydrogen-bond acceptors (Lipinski definition) is 0. The van der Waals surface area contributed by atoms with Crippen LogP contribution in [-0.2, 0) is 11.8 Å². The standard InChI is InChI=1S/C20H25Cl/c1-14-10-11-16(12-15(14)2)13-19(21)17-8-6-7-9-18(17)20(3,4)5/h6-12,19H,13H2,1-5H3. The maximum absolute atomic E-state index is 6.74. The predicted octanol–water partition coefficient (Wildman–Crippen LogP) is 6.12. The third-order valence-electron chi connectivity index (χ3n) is 4.09. The molecule has 1 atom stereocenters. The normalized spacial score (nSPS) is 13.2. The highest BCUT2D eigenvalue weighted by molar-refractivity contribution is 6.21. The zero-order chi connectivity index (χ0) is 15.6. The minimum absolute atomic E-state index is 0.0162. The fourth-order valence-corrected chi connectivity index (χ4v) is 3.07. The summed E-state index contributed by atoms with van der Waals surface area (Å²) in [5, 5.41) is 0.0162. The van der Waals surface area contributed by atoms with Gasteiger partial charge in [-0.1, -0.05) is 63.2 Å². The Labute approximate surface area is 134 Å². The molecule has 0 aromatic heterocycles. The van der Waals surface area contributed by atoms with E-state index in [0.29, 0.717) is 0 Å². The number of benzene rings is 2. The molecule has 0 aliphatic rings. The van der Waals surface area contributed by atoms with E-state index in [1.807, 2.05) is 0 Å². The maximum Gasteiger partial charge on any atom is 0.0628 e. The smallest absolute Gasteiger partial charge is 0.0628 e. The Morgan fingerprint density at radius 3 is 2.24 bits per heavy atom. The third-order valence-corrected chi connectivity index (χ3v) is 4.48. The molecule has 0 bridgehead atoms. The van der Waals surface area contributed by atoms with Crippen molar-refractivity contribution in [3.05, 3.63) is 70.3 Å². The molecule has 0 fully saturated rings. The van der Waals surface area contributed by atoms with Crippen molar-refractivity contribution in [1.29, 1.82) is 0 Å². The zero-order valence-electron chi connectivity index (χ0n) is 13.7. The van der Waals surface area contributed by atoms with Crippen LogP contribution in [0.1, 0.15) is 54.0 Å². The molecule has 2 aromatic rings. The molecule has 0 aliphatic heterocycles. The Morgan fingerprint density at radius 2 is 1.62 bits per heavy atom. The van der Waals surface area contributed by atoms with Gasteiger partial charge in [0.1, 0.15) is 0 Å². The van der Waals surface area contributed by atoms with Crippen molar-refractivity contribution in [2.24, 2.45) is 0 Å². The third kappa shape index (κ3) is 3.89. The number of rotatable bonds is 3. The minimum Gasteiger partial charge on any atom is -0.117 e. The minimum atomic E-state index is 0.0162. The van der Waals surface area contributed by atoms with E-state index in [1.165, 1.54) is 27.8 Å². The first-order valence-electron chi connectivity index (χ1n) is 7.58. The van der Waals surface area contributed by atoms with E-state index >= 15 is 0 Å². The van der Waals surface area contributed by atoms with Crippen LogP contribution < -0.4 is 0 Å². The summed E-state index contributed by atoms with van der Waals surface area (Å²) in [5.41, 5.74) is 6.69. The first-order chi connectivity index (χ1) is 9.79. The van der Waals surface area contributed by atoms with Gasteiger partial charge in [-0.15, -0.1) is 11.6 Å². The van der Waals surface area contributed by atoms with E-state index in [-0.39, 0.29) is 10.8 Å². The van der Waals surface area contributed by atoms with E-state index in [0.717, 1.165) is 6.42 Å². The second-order valence-corrected chi connectivity index (χ2v) is 7.45. The van der Waals surface area contributed by atoms with Crippen LogP contribution in [0, 0.1) is 13.8 Å². The number of hydrogen-bond donors (Lipinski definition) is 0. The quantitative estimate of drug-likeness (QED) is 0.599. The summed E-state index contributed by atoms with van der Waals surface area (Å²) in [5.74, 6) is 0. The molecule has 0 radical (unpaired) electrons. The monoisotopic (exact) mass is 300 g/mol. The van der Waals surface area contributed by atoms with Crippen LogP contribution in [0.3, 0.4) is 0 Å². The van der Waals surface area contributed by atoms with Crippen LogP contribution in [0.5, 0.6) is 0 Å².